The highest BCUT2D eigenvalue weighted by atomic mass is 32.2. The molecule has 2 aromatic carbocycles. The quantitative estimate of drug-likeness (QED) is 0.327. The summed E-state index contributed by atoms with van der Waals surface area (Å²) < 4.78 is 66.1. The molecule has 37 heavy (non-hydrogen) atoms. The van der Waals surface area contributed by atoms with Crippen molar-refractivity contribution in [2.75, 3.05) is 31.1 Å². The smallest absolute Gasteiger partial charge is 0.316 e. The summed E-state index contributed by atoms with van der Waals surface area (Å²) >= 11 is 1.75. The van der Waals surface area contributed by atoms with E-state index in [-0.39, 0.29) is 35.4 Å². The van der Waals surface area contributed by atoms with E-state index in [0.717, 1.165) is 42.0 Å². The first-order valence-electron chi connectivity index (χ1n) is 12.1. The van der Waals surface area contributed by atoms with Crippen molar-refractivity contribution in [3.05, 3.63) is 81.3 Å². The first-order valence-corrected chi connectivity index (χ1v) is 12.9. The van der Waals surface area contributed by atoms with E-state index in [2.05, 4.69) is 23.3 Å². The summed E-state index contributed by atoms with van der Waals surface area (Å²) in [6.45, 7) is 6.85. The lowest BCUT2D eigenvalue weighted by Gasteiger charge is -2.36. The molecule has 1 atom stereocenters. The molecule has 3 aromatic rings. The second kappa shape index (κ2) is 10.4. The van der Waals surface area contributed by atoms with Crippen molar-refractivity contribution in [1.82, 2.24) is 14.1 Å². The molecule has 0 spiro atoms. The van der Waals surface area contributed by atoms with Crippen molar-refractivity contribution >= 4 is 17.6 Å². The zero-order valence-electron chi connectivity index (χ0n) is 20.4. The number of halogens is 4. The summed E-state index contributed by atoms with van der Waals surface area (Å²) in [7, 11) is 0. The van der Waals surface area contributed by atoms with Gasteiger partial charge in [-0.05, 0) is 42.7 Å². The van der Waals surface area contributed by atoms with Crippen LogP contribution < -0.4 is 15.2 Å². The van der Waals surface area contributed by atoms with Gasteiger partial charge in [0, 0.05) is 43.1 Å². The molecule has 5 rings (SSSR count). The van der Waals surface area contributed by atoms with E-state index >= 15 is 0 Å². The SMILES string of the molecule is CC(C)SN1CCN(c2cnn(-c3cc(F)cc(F)c3)c(=O)c2OC2CCc3c(F)ccc(F)c32)CC1. The first kappa shape index (κ1) is 25.6. The molecule has 1 aromatic heterocycles. The fourth-order valence-corrected chi connectivity index (χ4v) is 5.81. The lowest BCUT2D eigenvalue weighted by atomic mass is 10.1. The zero-order valence-corrected chi connectivity index (χ0v) is 21.2. The Balaban J connectivity index is 1.54. The number of benzene rings is 2. The van der Waals surface area contributed by atoms with Crippen molar-refractivity contribution in [1.29, 1.82) is 0 Å². The zero-order chi connectivity index (χ0) is 26.3. The Bertz CT molecular complexity index is 1360. The molecule has 2 heterocycles. The Labute approximate surface area is 216 Å². The van der Waals surface area contributed by atoms with Crippen molar-refractivity contribution in [3.8, 4) is 11.4 Å². The topological polar surface area (TPSA) is 50.6 Å². The standard InChI is InChI=1S/C26H26F4N4O2S/c1-15(2)37-33-9-7-32(8-10-33)22-14-31-34(18-12-16(27)11-17(28)13-18)26(35)25(22)36-23-6-3-19-20(29)4-5-21(30)24(19)23/h4-5,11-15,23H,3,6-10H2,1-2H3. The molecular weight excluding hydrogens is 508 g/mol. The van der Waals surface area contributed by atoms with Gasteiger partial charge in [-0.1, -0.05) is 25.8 Å². The third-order valence-corrected chi connectivity index (χ3v) is 7.52. The summed E-state index contributed by atoms with van der Waals surface area (Å²) in [5.41, 5.74) is -0.137. The second-order valence-corrected chi connectivity index (χ2v) is 11.0. The van der Waals surface area contributed by atoms with Crippen LogP contribution in [0, 0.1) is 23.3 Å². The summed E-state index contributed by atoms with van der Waals surface area (Å²) in [6, 6.07) is 4.80. The van der Waals surface area contributed by atoms with Crippen molar-refractivity contribution < 1.29 is 22.3 Å². The third-order valence-electron chi connectivity index (χ3n) is 6.43. The maximum absolute atomic E-state index is 14.7. The number of fused-ring (bicyclic) bond motifs is 1. The minimum absolute atomic E-state index is 0.0867. The molecular formula is C26H26F4N4O2S. The first-order chi connectivity index (χ1) is 17.7. The fourth-order valence-electron chi connectivity index (χ4n) is 4.83. The highest BCUT2D eigenvalue weighted by molar-refractivity contribution is 7.97. The molecule has 2 aliphatic rings. The van der Waals surface area contributed by atoms with Gasteiger partial charge in [-0.15, -0.1) is 0 Å². The van der Waals surface area contributed by atoms with Gasteiger partial charge in [0.25, 0.3) is 0 Å². The molecule has 11 heteroatoms. The molecule has 6 nitrogen and oxygen atoms in total. The number of rotatable bonds is 6. The van der Waals surface area contributed by atoms with E-state index in [4.69, 9.17) is 4.74 Å². The van der Waals surface area contributed by atoms with Gasteiger partial charge >= 0.3 is 5.56 Å². The molecule has 0 N–H and O–H groups in total. The molecule has 0 radical (unpaired) electrons. The minimum Gasteiger partial charge on any atom is -0.478 e. The summed E-state index contributed by atoms with van der Waals surface area (Å²) in [5.74, 6) is -2.98. The maximum Gasteiger partial charge on any atom is 0.316 e. The van der Waals surface area contributed by atoms with E-state index in [1.54, 1.807) is 11.9 Å². The lowest BCUT2D eigenvalue weighted by molar-refractivity contribution is 0.199. The van der Waals surface area contributed by atoms with Gasteiger partial charge in [0.1, 0.15) is 35.1 Å². The molecule has 196 valence electrons. The molecule has 1 fully saturated rings. The number of hydrogen-bond acceptors (Lipinski definition) is 6. The maximum atomic E-state index is 14.7. The van der Waals surface area contributed by atoms with Crippen LogP contribution in [-0.2, 0) is 6.42 Å². The molecule has 0 bridgehead atoms. The van der Waals surface area contributed by atoms with E-state index in [1.807, 2.05) is 4.90 Å². The highest BCUT2D eigenvalue weighted by Crippen LogP contribution is 2.39. The number of nitrogens with zero attached hydrogens (tertiary/aromatic N) is 4. The number of ether oxygens (including phenoxy) is 1. The number of piperazine rings is 1. The Morgan fingerprint density at radius 3 is 2.35 bits per heavy atom. The Morgan fingerprint density at radius 2 is 1.68 bits per heavy atom. The molecule has 1 aliphatic carbocycles. The van der Waals surface area contributed by atoms with Gasteiger partial charge in [0.05, 0.1) is 11.9 Å². The third kappa shape index (κ3) is 5.19. The lowest BCUT2D eigenvalue weighted by Crippen LogP contribution is -2.44. The Kier molecular flexibility index (Phi) is 7.17. The highest BCUT2D eigenvalue weighted by Gasteiger charge is 2.33. The molecule has 1 unspecified atom stereocenters. The van der Waals surface area contributed by atoms with Crippen molar-refractivity contribution in [3.63, 3.8) is 0 Å². The Hall–Kier alpha value is -3.05. The van der Waals surface area contributed by atoms with Crippen LogP contribution in [0.4, 0.5) is 23.2 Å². The van der Waals surface area contributed by atoms with Gasteiger partial charge in [-0.3, -0.25) is 4.79 Å². The van der Waals surface area contributed by atoms with Crippen LogP contribution in [0.15, 0.2) is 41.3 Å². The summed E-state index contributed by atoms with van der Waals surface area (Å²) in [4.78, 5) is 15.6. The van der Waals surface area contributed by atoms with Crippen LogP contribution in [-0.4, -0.2) is 45.5 Å². The number of anilines is 1. The van der Waals surface area contributed by atoms with Gasteiger partial charge in [0.2, 0.25) is 5.75 Å². The molecule has 0 saturated carbocycles. The van der Waals surface area contributed by atoms with Gasteiger partial charge in [-0.2, -0.15) is 9.78 Å². The minimum atomic E-state index is -0.893. The summed E-state index contributed by atoms with van der Waals surface area (Å²) in [6.07, 6.45) is 1.07. The molecule has 1 aliphatic heterocycles. The van der Waals surface area contributed by atoms with Crippen molar-refractivity contribution in [2.45, 2.75) is 38.0 Å². The van der Waals surface area contributed by atoms with Crippen LogP contribution in [0.2, 0.25) is 0 Å². The van der Waals surface area contributed by atoms with Gasteiger partial charge < -0.3 is 9.64 Å². The fraction of sp³-hybridized carbons (Fsp3) is 0.385. The molecule has 1 saturated heterocycles. The van der Waals surface area contributed by atoms with Crippen LogP contribution in [0.3, 0.4) is 0 Å². The predicted octanol–water partition coefficient (Wildman–Crippen LogP) is 5.03. The van der Waals surface area contributed by atoms with Crippen LogP contribution >= 0.6 is 11.9 Å². The molecule has 0 amide bonds. The van der Waals surface area contributed by atoms with Crippen molar-refractivity contribution in [2.24, 2.45) is 0 Å². The van der Waals surface area contributed by atoms with E-state index in [0.29, 0.717) is 30.1 Å². The predicted molar refractivity (Wildman–Crippen MR) is 134 cm³/mol. The average Bonchev–Trinajstić information content (AvgIpc) is 3.27. The summed E-state index contributed by atoms with van der Waals surface area (Å²) in [5, 5.41) is 4.61. The average molecular weight is 535 g/mol. The normalized spacial score (nSPS) is 17.9. The van der Waals surface area contributed by atoms with Crippen LogP contribution in [0.1, 0.15) is 37.5 Å². The Morgan fingerprint density at radius 1 is 1.00 bits per heavy atom. The largest absolute Gasteiger partial charge is 0.478 e. The monoisotopic (exact) mass is 534 g/mol. The van der Waals surface area contributed by atoms with Crippen LogP contribution in [0.5, 0.6) is 5.75 Å². The second-order valence-electron chi connectivity index (χ2n) is 9.34. The van der Waals surface area contributed by atoms with E-state index in [1.165, 1.54) is 6.20 Å². The van der Waals surface area contributed by atoms with Gasteiger partial charge in [-0.25, -0.2) is 21.9 Å². The van der Waals surface area contributed by atoms with E-state index < -0.39 is 34.9 Å². The number of hydrogen-bond donors (Lipinski definition) is 0. The number of aromatic nitrogens is 2. The van der Waals surface area contributed by atoms with E-state index in [9.17, 15) is 22.4 Å². The van der Waals surface area contributed by atoms with Gasteiger partial charge in [0.15, 0.2) is 0 Å². The van der Waals surface area contributed by atoms with Crippen LogP contribution in [0.25, 0.3) is 5.69 Å².